The van der Waals surface area contributed by atoms with Gasteiger partial charge in [-0.1, -0.05) is 30.3 Å². The Kier molecular flexibility index (Phi) is 2.06. The van der Waals surface area contributed by atoms with Crippen LogP contribution in [0.4, 0.5) is 0 Å². The predicted octanol–water partition coefficient (Wildman–Crippen LogP) is 2.59. The Hall–Kier alpha value is -0.930. The lowest BCUT2D eigenvalue weighted by molar-refractivity contribution is -0.0493. The van der Waals surface area contributed by atoms with Gasteiger partial charge in [0.15, 0.2) is 0 Å². The molecule has 1 heterocycles. The maximum Gasteiger partial charge on any atom is 0.130 e. The molecule has 0 saturated carbocycles. The normalized spacial score (nSPS) is 21.8. The largest absolute Gasteiger partial charge is 0.288 e. The molecule has 62 valence electrons. The third kappa shape index (κ3) is 1.33. The Morgan fingerprint density at radius 3 is 2.58 bits per heavy atom. The third-order valence-corrected chi connectivity index (χ3v) is 2.77. The summed E-state index contributed by atoms with van der Waals surface area (Å²) >= 11 is 1.60. The number of hydrogen-bond donors (Lipinski definition) is 1. The smallest absolute Gasteiger partial charge is 0.130 e. The Morgan fingerprint density at radius 2 is 2.00 bits per heavy atom. The third-order valence-electron chi connectivity index (χ3n) is 1.75. The van der Waals surface area contributed by atoms with Crippen LogP contribution < -0.4 is 0 Å². The summed E-state index contributed by atoms with van der Waals surface area (Å²) in [5.74, 6) is 0. The van der Waals surface area contributed by atoms with Gasteiger partial charge in [0.1, 0.15) is 5.37 Å². The maximum absolute atomic E-state index is 9.37. The Labute approximate surface area is 75.5 Å². The highest BCUT2D eigenvalue weighted by Gasteiger charge is 2.19. The molecule has 1 unspecified atom stereocenters. The second-order valence-corrected chi connectivity index (χ2v) is 3.56. The molecular weight excluding hydrogens is 170 g/mol. The number of nitrogens with zero attached hydrogens (tertiary/aromatic N) is 1. The number of hydrogen-bond acceptors (Lipinski definition) is 3. The van der Waals surface area contributed by atoms with Crippen LogP contribution in [-0.2, 0) is 0 Å². The molecule has 1 aromatic carbocycles. The second-order valence-electron chi connectivity index (χ2n) is 2.56. The first kappa shape index (κ1) is 7.71. The summed E-state index contributed by atoms with van der Waals surface area (Å²) < 4.78 is 0. The van der Waals surface area contributed by atoms with Crippen molar-refractivity contribution in [2.24, 2.45) is 0 Å². The first-order chi connectivity index (χ1) is 5.88. The van der Waals surface area contributed by atoms with Gasteiger partial charge in [0.25, 0.3) is 0 Å². The van der Waals surface area contributed by atoms with Crippen molar-refractivity contribution in [2.45, 2.75) is 5.37 Å². The van der Waals surface area contributed by atoms with Crippen molar-refractivity contribution in [3.05, 3.63) is 47.5 Å². The van der Waals surface area contributed by atoms with E-state index >= 15 is 0 Å². The Bertz CT molecular complexity index is 286. The molecule has 3 heteroatoms. The molecule has 12 heavy (non-hydrogen) atoms. The molecular formula is C9H9NOS. The molecule has 1 atom stereocenters. The fourth-order valence-corrected chi connectivity index (χ4v) is 2.01. The van der Waals surface area contributed by atoms with E-state index < -0.39 is 0 Å². The van der Waals surface area contributed by atoms with E-state index in [-0.39, 0.29) is 5.37 Å². The average Bonchev–Trinajstić information content (AvgIpc) is 2.53. The molecule has 0 amide bonds. The van der Waals surface area contributed by atoms with Crippen LogP contribution in [0.3, 0.4) is 0 Å². The first-order valence-electron chi connectivity index (χ1n) is 3.72. The highest BCUT2D eigenvalue weighted by atomic mass is 32.2. The minimum atomic E-state index is 0.0335. The summed E-state index contributed by atoms with van der Waals surface area (Å²) in [6.45, 7) is 0. The molecule has 2 nitrogen and oxygen atoms in total. The summed E-state index contributed by atoms with van der Waals surface area (Å²) in [6, 6.07) is 9.93. The van der Waals surface area contributed by atoms with E-state index in [0.717, 1.165) is 5.56 Å². The zero-order chi connectivity index (χ0) is 8.39. The Morgan fingerprint density at radius 1 is 1.25 bits per heavy atom. The van der Waals surface area contributed by atoms with Gasteiger partial charge in [-0.3, -0.25) is 5.21 Å². The lowest BCUT2D eigenvalue weighted by Gasteiger charge is -2.17. The van der Waals surface area contributed by atoms with Crippen molar-refractivity contribution in [2.75, 3.05) is 0 Å². The molecule has 1 aromatic rings. The lowest BCUT2D eigenvalue weighted by Crippen LogP contribution is -2.12. The molecule has 0 aliphatic carbocycles. The van der Waals surface area contributed by atoms with Crippen LogP contribution in [0.25, 0.3) is 0 Å². The monoisotopic (exact) mass is 179 g/mol. The number of benzene rings is 1. The quantitative estimate of drug-likeness (QED) is 0.716. The van der Waals surface area contributed by atoms with Gasteiger partial charge in [0, 0.05) is 6.20 Å². The fourth-order valence-electron chi connectivity index (χ4n) is 1.16. The molecule has 0 saturated heterocycles. The minimum Gasteiger partial charge on any atom is -0.288 e. The van der Waals surface area contributed by atoms with Gasteiger partial charge < -0.3 is 0 Å². The predicted molar refractivity (Wildman–Crippen MR) is 49.5 cm³/mol. The van der Waals surface area contributed by atoms with Crippen molar-refractivity contribution in [3.8, 4) is 0 Å². The van der Waals surface area contributed by atoms with Gasteiger partial charge in [-0.25, -0.2) is 5.06 Å². The van der Waals surface area contributed by atoms with Crippen LogP contribution in [0, 0.1) is 0 Å². The van der Waals surface area contributed by atoms with Gasteiger partial charge >= 0.3 is 0 Å². The van der Waals surface area contributed by atoms with E-state index in [4.69, 9.17) is 0 Å². The molecule has 1 N–H and O–H groups in total. The second kappa shape index (κ2) is 3.21. The van der Waals surface area contributed by atoms with Crippen LogP contribution in [0.5, 0.6) is 0 Å². The minimum absolute atomic E-state index is 0.0335. The van der Waals surface area contributed by atoms with Gasteiger partial charge in [-0.15, -0.1) is 11.8 Å². The van der Waals surface area contributed by atoms with E-state index in [1.54, 1.807) is 18.0 Å². The van der Waals surface area contributed by atoms with E-state index in [9.17, 15) is 5.21 Å². The molecule has 2 rings (SSSR count). The summed E-state index contributed by atoms with van der Waals surface area (Å²) in [4.78, 5) is 0. The lowest BCUT2D eigenvalue weighted by atomic mass is 10.2. The number of hydroxylamine groups is 2. The molecule has 0 aromatic heterocycles. The van der Waals surface area contributed by atoms with E-state index in [1.807, 2.05) is 35.7 Å². The summed E-state index contributed by atoms with van der Waals surface area (Å²) in [5, 5.41) is 12.5. The number of thioether (sulfide) groups is 1. The van der Waals surface area contributed by atoms with Crippen LogP contribution in [-0.4, -0.2) is 10.3 Å². The van der Waals surface area contributed by atoms with Gasteiger partial charge in [0.05, 0.1) is 0 Å². The van der Waals surface area contributed by atoms with Crippen molar-refractivity contribution < 1.29 is 5.21 Å². The van der Waals surface area contributed by atoms with Crippen molar-refractivity contribution in [3.63, 3.8) is 0 Å². The summed E-state index contributed by atoms with van der Waals surface area (Å²) in [5.41, 5.74) is 1.12. The topological polar surface area (TPSA) is 23.5 Å². The van der Waals surface area contributed by atoms with E-state index in [0.29, 0.717) is 0 Å². The standard InChI is InChI=1S/C9H9NOS/c11-10-6-7-12-9(10)8-4-2-1-3-5-8/h1-7,9,11H. The van der Waals surface area contributed by atoms with Crippen molar-refractivity contribution in [1.29, 1.82) is 0 Å². The van der Waals surface area contributed by atoms with Crippen molar-refractivity contribution in [1.82, 2.24) is 5.06 Å². The zero-order valence-corrected chi connectivity index (χ0v) is 7.24. The molecule has 1 aliphatic heterocycles. The molecule has 0 radical (unpaired) electrons. The molecule has 0 fully saturated rings. The zero-order valence-electron chi connectivity index (χ0n) is 6.42. The number of rotatable bonds is 1. The van der Waals surface area contributed by atoms with Crippen LogP contribution in [0.15, 0.2) is 41.9 Å². The fraction of sp³-hybridized carbons (Fsp3) is 0.111. The van der Waals surface area contributed by atoms with E-state index in [2.05, 4.69) is 0 Å². The van der Waals surface area contributed by atoms with Crippen LogP contribution in [0.1, 0.15) is 10.9 Å². The molecule has 0 bridgehead atoms. The highest BCUT2D eigenvalue weighted by molar-refractivity contribution is 8.02. The van der Waals surface area contributed by atoms with Crippen molar-refractivity contribution >= 4 is 11.8 Å². The summed E-state index contributed by atoms with van der Waals surface area (Å²) in [7, 11) is 0. The average molecular weight is 179 g/mol. The first-order valence-corrected chi connectivity index (χ1v) is 4.66. The highest BCUT2D eigenvalue weighted by Crippen LogP contribution is 2.36. The van der Waals surface area contributed by atoms with Gasteiger partial charge in [0.2, 0.25) is 0 Å². The maximum atomic E-state index is 9.37. The van der Waals surface area contributed by atoms with Crippen LogP contribution in [0.2, 0.25) is 0 Å². The van der Waals surface area contributed by atoms with Gasteiger partial charge in [-0.05, 0) is 11.0 Å². The SMILES string of the molecule is ON1C=CSC1c1ccccc1. The van der Waals surface area contributed by atoms with Gasteiger partial charge in [-0.2, -0.15) is 0 Å². The van der Waals surface area contributed by atoms with Crippen LogP contribution >= 0.6 is 11.8 Å². The Balaban J connectivity index is 2.22. The molecule has 0 spiro atoms. The summed E-state index contributed by atoms with van der Waals surface area (Å²) in [6.07, 6.45) is 1.67. The molecule has 1 aliphatic rings. The van der Waals surface area contributed by atoms with E-state index in [1.165, 1.54) is 5.06 Å².